The highest BCUT2D eigenvalue weighted by Crippen LogP contribution is 2.30. The van der Waals surface area contributed by atoms with Crippen LogP contribution in [-0.4, -0.2) is 80.2 Å². The van der Waals surface area contributed by atoms with Gasteiger partial charge in [0, 0.05) is 56.8 Å². The van der Waals surface area contributed by atoms with Crippen molar-refractivity contribution in [2.75, 3.05) is 51.8 Å². The Balaban J connectivity index is 1.33. The maximum Gasteiger partial charge on any atom is 0.411 e. The summed E-state index contributed by atoms with van der Waals surface area (Å²) in [6, 6.07) is 13.0. The first-order valence-electron chi connectivity index (χ1n) is 13.1. The number of amides is 2. The van der Waals surface area contributed by atoms with Crippen LogP contribution in [0.1, 0.15) is 37.8 Å². The number of carbonyl (C=O) groups excluding carboxylic acids is 2. The van der Waals surface area contributed by atoms with Crippen molar-refractivity contribution in [3.05, 3.63) is 53.6 Å². The minimum Gasteiger partial charge on any atom is -0.493 e. The molecule has 0 saturated carbocycles. The molecular weight excluding hydrogens is 486 g/mol. The van der Waals surface area contributed by atoms with Crippen LogP contribution in [-0.2, 0) is 16.1 Å². The Hall–Kier alpha value is -3.63. The Labute approximate surface area is 223 Å². The van der Waals surface area contributed by atoms with Crippen LogP contribution in [0.4, 0.5) is 10.5 Å². The first kappa shape index (κ1) is 27.4. The number of ether oxygens (including phenoxy) is 3. The first-order chi connectivity index (χ1) is 18.4. The molecule has 0 atom stereocenters. The number of hydrazone groups is 1. The van der Waals surface area contributed by atoms with E-state index in [9.17, 15) is 9.59 Å². The zero-order chi connectivity index (χ0) is 26.9. The molecule has 204 valence electrons. The van der Waals surface area contributed by atoms with Crippen molar-refractivity contribution in [3.63, 3.8) is 0 Å². The molecule has 38 heavy (non-hydrogen) atoms. The van der Waals surface area contributed by atoms with Gasteiger partial charge in [-0.3, -0.25) is 15.0 Å². The normalized spacial score (nSPS) is 16.3. The summed E-state index contributed by atoms with van der Waals surface area (Å²) in [5.41, 5.74) is 3.25. The first-order valence-corrected chi connectivity index (χ1v) is 13.1. The second-order valence-electron chi connectivity index (χ2n) is 9.58. The van der Waals surface area contributed by atoms with Crippen molar-refractivity contribution in [3.8, 4) is 11.5 Å². The Kier molecular flexibility index (Phi) is 9.56. The van der Waals surface area contributed by atoms with Crippen molar-refractivity contribution in [2.24, 2.45) is 5.10 Å². The monoisotopic (exact) mass is 523 g/mol. The van der Waals surface area contributed by atoms with Crippen LogP contribution in [0.25, 0.3) is 0 Å². The maximum absolute atomic E-state index is 12.6. The van der Waals surface area contributed by atoms with E-state index >= 15 is 0 Å². The number of nitrogens with one attached hydrogen (secondary N) is 2. The minimum atomic E-state index is -0.478. The third kappa shape index (κ3) is 7.69. The van der Waals surface area contributed by atoms with Crippen LogP contribution in [0, 0.1) is 0 Å². The van der Waals surface area contributed by atoms with Crippen molar-refractivity contribution >= 4 is 23.4 Å². The summed E-state index contributed by atoms with van der Waals surface area (Å²) in [5.74, 6) is 1.27. The van der Waals surface area contributed by atoms with Crippen LogP contribution in [0.5, 0.6) is 11.5 Å². The highest BCUT2D eigenvalue weighted by Gasteiger charge is 2.22. The summed E-state index contributed by atoms with van der Waals surface area (Å²) in [6.07, 6.45) is 0.461. The van der Waals surface area contributed by atoms with E-state index in [4.69, 9.17) is 14.2 Å². The molecule has 10 heteroatoms. The minimum absolute atomic E-state index is 0.00200. The van der Waals surface area contributed by atoms with Gasteiger partial charge in [0.1, 0.15) is 6.61 Å². The fourth-order valence-electron chi connectivity index (χ4n) is 4.36. The Morgan fingerprint density at radius 2 is 1.84 bits per heavy atom. The van der Waals surface area contributed by atoms with E-state index in [2.05, 4.69) is 20.6 Å². The third-order valence-electron chi connectivity index (χ3n) is 6.35. The lowest BCUT2D eigenvalue weighted by Crippen LogP contribution is -2.44. The van der Waals surface area contributed by atoms with Crippen LogP contribution in [0.2, 0.25) is 0 Å². The molecule has 2 heterocycles. The van der Waals surface area contributed by atoms with Gasteiger partial charge in [-0.15, -0.1) is 0 Å². The SMILES string of the molecule is COc1ccc(C2=NN(Cc3ccc(NC(=O)OCCN4CCNCC4)cc3)C(=O)CC2)cc1OC(C)C. The topological polar surface area (TPSA) is 105 Å². The van der Waals surface area contributed by atoms with Gasteiger partial charge in [-0.2, -0.15) is 5.10 Å². The standard InChI is InChI=1S/C28H37N5O5/c1-20(2)38-26-18-22(6-10-25(26)36-3)24-9-11-27(34)33(31-24)19-21-4-7-23(8-5-21)30-28(35)37-17-16-32-14-12-29-13-15-32/h4-8,10,18,20,29H,9,11-17,19H2,1-3H3,(H,30,35). The molecule has 2 aromatic rings. The molecule has 1 saturated heterocycles. The number of carbonyl (C=O) groups is 2. The number of hydrogen-bond donors (Lipinski definition) is 2. The zero-order valence-corrected chi connectivity index (χ0v) is 22.4. The molecule has 0 radical (unpaired) electrons. The molecule has 2 aliphatic rings. The lowest BCUT2D eigenvalue weighted by Gasteiger charge is -2.26. The van der Waals surface area contributed by atoms with Gasteiger partial charge in [0.15, 0.2) is 11.5 Å². The van der Waals surface area contributed by atoms with E-state index in [-0.39, 0.29) is 12.0 Å². The fraction of sp³-hybridized carbons (Fsp3) is 0.464. The number of nitrogens with zero attached hydrogens (tertiary/aromatic N) is 3. The van der Waals surface area contributed by atoms with Crippen LogP contribution < -0.4 is 20.1 Å². The van der Waals surface area contributed by atoms with Gasteiger partial charge in [0.05, 0.1) is 25.5 Å². The quantitative estimate of drug-likeness (QED) is 0.491. The average molecular weight is 524 g/mol. The van der Waals surface area contributed by atoms with Gasteiger partial charge in [-0.25, -0.2) is 9.80 Å². The Morgan fingerprint density at radius 3 is 2.55 bits per heavy atom. The van der Waals surface area contributed by atoms with E-state index in [0.29, 0.717) is 43.2 Å². The molecule has 2 aliphatic heterocycles. The zero-order valence-electron chi connectivity index (χ0n) is 22.4. The van der Waals surface area contributed by atoms with E-state index in [1.165, 1.54) is 5.01 Å². The van der Waals surface area contributed by atoms with Crippen LogP contribution in [0.15, 0.2) is 47.6 Å². The smallest absolute Gasteiger partial charge is 0.411 e. The van der Waals surface area contributed by atoms with Crippen molar-refractivity contribution in [1.82, 2.24) is 15.2 Å². The van der Waals surface area contributed by atoms with Gasteiger partial charge in [-0.1, -0.05) is 12.1 Å². The lowest BCUT2D eigenvalue weighted by molar-refractivity contribution is -0.132. The summed E-state index contributed by atoms with van der Waals surface area (Å²) >= 11 is 0. The highest BCUT2D eigenvalue weighted by atomic mass is 16.5. The van der Waals surface area contributed by atoms with Gasteiger partial charge in [0.2, 0.25) is 5.91 Å². The van der Waals surface area contributed by atoms with Crippen molar-refractivity contribution in [2.45, 2.75) is 39.3 Å². The summed E-state index contributed by atoms with van der Waals surface area (Å²) in [4.78, 5) is 27.0. The number of benzene rings is 2. The molecule has 2 aromatic carbocycles. The summed E-state index contributed by atoms with van der Waals surface area (Å²) < 4.78 is 16.6. The summed E-state index contributed by atoms with van der Waals surface area (Å²) in [6.45, 7) is 9.18. The second kappa shape index (κ2) is 13.3. The molecule has 2 N–H and O–H groups in total. The molecule has 2 amide bonds. The van der Waals surface area contributed by atoms with Crippen LogP contribution >= 0.6 is 0 Å². The molecule has 0 unspecified atom stereocenters. The number of anilines is 1. The molecular formula is C28H37N5O5. The third-order valence-corrected chi connectivity index (χ3v) is 6.35. The molecule has 0 bridgehead atoms. The lowest BCUT2D eigenvalue weighted by atomic mass is 10.0. The molecule has 0 aliphatic carbocycles. The molecule has 10 nitrogen and oxygen atoms in total. The number of rotatable bonds is 10. The van der Waals surface area contributed by atoms with Crippen LogP contribution in [0.3, 0.4) is 0 Å². The van der Waals surface area contributed by atoms with E-state index in [1.54, 1.807) is 19.2 Å². The maximum atomic E-state index is 12.6. The van der Waals surface area contributed by atoms with E-state index < -0.39 is 6.09 Å². The fourth-order valence-corrected chi connectivity index (χ4v) is 4.36. The van der Waals surface area contributed by atoms with Crippen molar-refractivity contribution in [1.29, 1.82) is 0 Å². The Morgan fingerprint density at radius 1 is 1.08 bits per heavy atom. The average Bonchev–Trinajstić information content (AvgIpc) is 2.91. The molecule has 4 rings (SSSR count). The van der Waals surface area contributed by atoms with E-state index in [1.807, 2.05) is 44.2 Å². The van der Waals surface area contributed by atoms with Gasteiger partial charge >= 0.3 is 6.09 Å². The van der Waals surface area contributed by atoms with Gasteiger partial charge < -0.3 is 19.5 Å². The number of piperazine rings is 1. The molecule has 0 spiro atoms. The second-order valence-corrected chi connectivity index (χ2v) is 9.58. The van der Waals surface area contributed by atoms with E-state index in [0.717, 1.165) is 49.6 Å². The molecule has 1 fully saturated rings. The largest absolute Gasteiger partial charge is 0.493 e. The van der Waals surface area contributed by atoms with Gasteiger partial charge in [0.25, 0.3) is 0 Å². The number of methoxy groups -OCH3 is 1. The summed E-state index contributed by atoms with van der Waals surface area (Å²) in [7, 11) is 1.61. The highest BCUT2D eigenvalue weighted by molar-refractivity contribution is 6.04. The summed E-state index contributed by atoms with van der Waals surface area (Å²) in [5, 5.41) is 12.2. The molecule has 0 aromatic heterocycles. The Bertz CT molecular complexity index is 1130. The number of hydrogen-bond acceptors (Lipinski definition) is 8. The predicted molar refractivity (Wildman–Crippen MR) is 146 cm³/mol. The van der Waals surface area contributed by atoms with Gasteiger partial charge in [-0.05, 0) is 49.7 Å². The predicted octanol–water partition coefficient (Wildman–Crippen LogP) is 3.46. The van der Waals surface area contributed by atoms with Crippen molar-refractivity contribution < 1.29 is 23.8 Å².